The third-order valence-electron chi connectivity index (χ3n) is 5.53. The van der Waals surface area contributed by atoms with Gasteiger partial charge in [0.2, 0.25) is 5.91 Å². The number of likely N-dealkylation sites (tertiary alicyclic amines) is 1. The van der Waals surface area contributed by atoms with E-state index in [-0.39, 0.29) is 23.1 Å². The maximum atomic E-state index is 12.8. The molecule has 0 spiro atoms. The molecule has 2 aromatic rings. The van der Waals surface area contributed by atoms with E-state index in [0.29, 0.717) is 43.1 Å². The minimum absolute atomic E-state index is 0.0467. The largest absolute Gasteiger partial charge is 0.352 e. The SMILES string of the molecule is CC(C)(C)c1ccc(C(=O)N2CCC(C(=O)NCc3ccc(Cl)cc3)CC2)cc1. The molecule has 0 atom stereocenters. The summed E-state index contributed by atoms with van der Waals surface area (Å²) in [6.45, 7) is 8.19. The summed E-state index contributed by atoms with van der Waals surface area (Å²) < 4.78 is 0. The van der Waals surface area contributed by atoms with Gasteiger partial charge in [0, 0.05) is 36.1 Å². The number of hydrogen-bond acceptors (Lipinski definition) is 2. The van der Waals surface area contributed by atoms with Gasteiger partial charge in [0.1, 0.15) is 0 Å². The van der Waals surface area contributed by atoms with Crippen molar-refractivity contribution in [2.24, 2.45) is 5.92 Å². The van der Waals surface area contributed by atoms with E-state index < -0.39 is 0 Å². The van der Waals surface area contributed by atoms with Crippen LogP contribution in [0.3, 0.4) is 0 Å². The lowest BCUT2D eigenvalue weighted by Gasteiger charge is -2.31. The van der Waals surface area contributed by atoms with E-state index in [4.69, 9.17) is 11.6 Å². The van der Waals surface area contributed by atoms with Gasteiger partial charge in [-0.1, -0.05) is 56.6 Å². The Morgan fingerprint density at radius 3 is 2.14 bits per heavy atom. The molecule has 1 aliphatic heterocycles. The molecule has 5 heteroatoms. The number of benzene rings is 2. The second-order valence-corrected chi connectivity index (χ2v) is 9.17. The van der Waals surface area contributed by atoms with Gasteiger partial charge in [0.25, 0.3) is 5.91 Å². The van der Waals surface area contributed by atoms with Gasteiger partial charge in [-0.05, 0) is 53.6 Å². The topological polar surface area (TPSA) is 49.4 Å². The Labute approximate surface area is 178 Å². The maximum absolute atomic E-state index is 12.8. The summed E-state index contributed by atoms with van der Waals surface area (Å²) in [6.07, 6.45) is 1.39. The fourth-order valence-electron chi connectivity index (χ4n) is 3.58. The molecule has 29 heavy (non-hydrogen) atoms. The van der Waals surface area contributed by atoms with Gasteiger partial charge in [-0.2, -0.15) is 0 Å². The monoisotopic (exact) mass is 412 g/mol. The number of piperidine rings is 1. The van der Waals surface area contributed by atoms with Crippen LogP contribution >= 0.6 is 11.6 Å². The van der Waals surface area contributed by atoms with E-state index in [1.165, 1.54) is 5.56 Å². The first kappa shape index (κ1) is 21.4. The van der Waals surface area contributed by atoms with Crippen LogP contribution < -0.4 is 5.32 Å². The summed E-state index contributed by atoms with van der Waals surface area (Å²) in [4.78, 5) is 27.1. The molecule has 2 amide bonds. The van der Waals surface area contributed by atoms with Crippen molar-refractivity contribution >= 4 is 23.4 Å². The van der Waals surface area contributed by atoms with Crippen LogP contribution in [0.2, 0.25) is 5.02 Å². The highest BCUT2D eigenvalue weighted by atomic mass is 35.5. The van der Waals surface area contributed by atoms with Crippen molar-refractivity contribution < 1.29 is 9.59 Å². The Morgan fingerprint density at radius 2 is 1.59 bits per heavy atom. The lowest BCUT2D eigenvalue weighted by molar-refractivity contribution is -0.126. The minimum atomic E-state index is -0.0467. The van der Waals surface area contributed by atoms with Gasteiger partial charge in [0.15, 0.2) is 0 Å². The highest BCUT2D eigenvalue weighted by Crippen LogP contribution is 2.24. The average Bonchev–Trinajstić information content (AvgIpc) is 2.72. The zero-order chi connectivity index (χ0) is 21.0. The van der Waals surface area contributed by atoms with Gasteiger partial charge in [-0.15, -0.1) is 0 Å². The predicted molar refractivity (Wildman–Crippen MR) is 117 cm³/mol. The van der Waals surface area contributed by atoms with Crippen molar-refractivity contribution in [2.45, 2.75) is 45.6 Å². The van der Waals surface area contributed by atoms with E-state index in [1.807, 2.05) is 53.4 Å². The number of carbonyl (C=O) groups is 2. The van der Waals surface area contributed by atoms with E-state index >= 15 is 0 Å². The van der Waals surface area contributed by atoms with Crippen LogP contribution in [0.15, 0.2) is 48.5 Å². The Bertz CT molecular complexity index is 846. The highest BCUT2D eigenvalue weighted by Gasteiger charge is 2.28. The fourth-order valence-corrected chi connectivity index (χ4v) is 3.70. The summed E-state index contributed by atoms with van der Waals surface area (Å²) >= 11 is 5.89. The molecular weight excluding hydrogens is 384 g/mol. The van der Waals surface area contributed by atoms with E-state index in [1.54, 1.807) is 0 Å². The molecule has 0 aliphatic carbocycles. The van der Waals surface area contributed by atoms with Crippen molar-refractivity contribution in [3.63, 3.8) is 0 Å². The van der Waals surface area contributed by atoms with Crippen LogP contribution in [-0.2, 0) is 16.8 Å². The first-order valence-corrected chi connectivity index (χ1v) is 10.5. The zero-order valence-electron chi connectivity index (χ0n) is 17.4. The van der Waals surface area contributed by atoms with Crippen LogP contribution in [0, 0.1) is 5.92 Å². The number of halogens is 1. The van der Waals surface area contributed by atoms with Crippen molar-refractivity contribution in [3.05, 3.63) is 70.2 Å². The first-order valence-electron chi connectivity index (χ1n) is 10.2. The number of nitrogens with zero attached hydrogens (tertiary/aromatic N) is 1. The molecule has 1 N–H and O–H groups in total. The summed E-state index contributed by atoms with van der Waals surface area (Å²) in [7, 11) is 0. The van der Waals surface area contributed by atoms with E-state index in [0.717, 1.165) is 5.56 Å². The normalized spacial score (nSPS) is 15.2. The average molecular weight is 413 g/mol. The van der Waals surface area contributed by atoms with Crippen LogP contribution in [0.1, 0.15) is 55.1 Å². The Kier molecular flexibility index (Phi) is 6.63. The lowest BCUT2D eigenvalue weighted by atomic mass is 9.86. The lowest BCUT2D eigenvalue weighted by Crippen LogP contribution is -2.42. The van der Waals surface area contributed by atoms with Crippen LogP contribution in [0.5, 0.6) is 0 Å². The third-order valence-corrected chi connectivity index (χ3v) is 5.78. The predicted octanol–water partition coefficient (Wildman–Crippen LogP) is 4.81. The number of rotatable bonds is 4. The first-order chi connectivity index (χ1) is 13.7. The third kappa shape index (κ3) is 5.60. The Morgan fingerprint density at radius 1 is 1.00 bits per heavy atom. The van der Waals surface area contributed by atoms with Crippen molar-refractivity contribution in [3.8, 4) is 0 Å². The van der Waals surface area contributed by atoms with Gasteiger partial charge in [0.05, 0.1) is 0 Å². The molecule has 0 unspecified atom stereocenters. The smallest absolute Gasteiger partial charge is 0.253 e. The Hall–Kier alpha value is -2.33. The van der Waals surface area contributed by atoms with Crippen LogP contribution in [0.4, 0.5) is 0 Å². The standard InChI is InChI=1S/C24H29ClN2O2/c1-24(2,3)20-8-6-19(7-9-20)23(29)27-14-12-18(13-15-27)22(28)26-16-17-4-10-21(25)11-5-17/h4-11,18H,12-16H2,1-3H3,(H,26,28). The molecule has 3 rings (SSSR count). The van der Waals surface area contributed by atoms with Crippen LogP contribution in [0.25, 0.3) is 0 Å². The quantitative estimate of drug-likeness (QED) is 0.783. The molecule has 0 aromatic heterocycles. The number of nitrogens with one attached hydrogen (secondary N) is 1. The van der Waals surface area contributed by atoms with Gasteiger partial charge >= 0.3 is 0 Å². The zero-order valence-corrected chi connectivity index (χ0v) is 18.1. The summed E-state index contributed by atoms with van der Waals surface area (Å²) in [5, 5.41) is 3.68. The molecule has 154 valence electrons. The van der Waals surface area contributed by atoms with E-state index in [2.05, 4.69) is 26.1 Å². The van der Waals surface area contributed by atoms with Gasteiger partial charge < -0.3 is 10.2 Å². The second-order valence-electron chi connectivity index (χ2n) is 8.74. The molecule has 1 saturated heterocycles. The molecular formula is C24H29ClN2O2. The molecule has 0 radical (unpaired) electrons. The number of carbonyl (C=O) groups excluding carboxylic acids is 2. The summed E-state index contributed by atoms with van der Waals surface area (Å²) in [5.74, 6) is 0.0571. The van der Waals surface area contributed by atoms with Crippen LogP contribution in [-0.4, -0.2) is 29.8 Å². The van der Waals surface area contributed by atoms with Crippen molar-refractivity contribution in [1.82, 2.24) is 10.2 Å². The summed E-state index contributed by atoms with van der Waals surface area (Å²) in [6, 6.07) is 15.3. The second kappa shape index (κ2) is 9.00. The molecule has 1 heterocycles. The number of hydrogen-bond donors (Lipinski definition) is 1. The van der Waals surface area contributed by atoms with Crippen molar-refractivity contribution in [1.29, 1.82) is 0 Å². The molecule has 0 bridgehead atoms. The minimum Gasteiger partial charge on any atom is -0.352 e. The molecule has 0 saturated carbocycles. The molecule has 2 aromatic carbocycles. The van der Waals surface area contributed by atoms with Gasteiger partial charge in [-0.3, -0.25) is 9.59 Å². The molecule has 1 aliphatic rings. The Balaban J connectivity index is 1.49. The summed E-state index contributed by atoms with van der Waals surface area (Å²) in [5.41, 5.74) is 3.02. The maximum Gasteiger partial charge on any atom is 0.253 e. The highest BCUT2D eigenvalue weighted by molar-refractivity contribution is 6.30. The molecule has 1 fully saturated rings. The fraction of sp³-hybridized carbons (Fsp3) is 0.417. The number of amides is 2. The van der Waals surface area contributed by atoms with Gasteiger partial charge in [-0.25, -0.2) is 0 Å². The van der Waals surface area contributed by atoms with Crippen molar-refractivity contribution in [2.75, 3.05) is 13.1 Å². The molecule has 4 nitrogen and oxygen atoms in total. The van der Waals surface area contributed by atoms with E-state index in [9.17, 15) is 9.59 Å².